The molecule has 0 radical (unpaired) electrons. The first-order valence-electron chi connectivity index (χ1n) is 6.31. The van der Waals surface area contributed by atoms with Crippen molar-refractivity contribution in [3.63, 3.8) is 0 Å². The average Bonchev–Trinajstić information content (AvgIpc) is 2.63. The fourth-order valence-corrected chi connectivity index (χ4v) is 3.39. The zero-order chi connectivity index (χ0) is 12.8. The molecule has 0 aromatic carbocycles. The van der Waals surface area contributed by atoms with Crippen LogP contribution in [0.3, 0.4) is 0 Å². The predicted octanol–water partition coefficient (Wildman–Crippen LogP) is 2.03. The SMILES string of the molecule is C=CCN1C[C@H](C)[C@@]2(CCC(C)(C)C2=O)C1=O. The fraction of sp³-hybridized carbons (Fsp3) is 0.714. The lowest BCUT2D eigenvalue weighted by molar-refractivity contribution is -0.145. The van der Waals surface area contributed by atoms with Crippen molar-refractivity contribution >= 4 is 11.7 Å². The molecule has 0 aromatic rings. The van der Waals surface area contributed by atoms with Gasteiger partial charge in [-0.1, -0.05) is 26.8 Å². The van der Waals surface area contributed by atoms with E-state index >= 15 is 0 Å². The fourth-order valence-electron chi connectivity index (χ4n) is 3.39. The molecule has 2 aliphatic rings. The first kappa shape index (κ1) is 12.3. The van der Waals surface area contributed by atoms with Gasteiger partial charge in [0.2, 0.25) is 5.91 Å². The summed E-state index contributed by atoms with van der Waals surface area (Å²) in [6.07, 6.45) is 3.27. The van der Waals surface area contributed by atoms with Gasteiger partial charge < -0.3 is 4.90 Å². The van der Waals surface area contributed by atoms with Gasteiger partial charge in [-0.05, 0) is 18.8 Å². The lowest BCUT2D eigenvalue weighted by Crippen LogP contribution is -2.42. The zero-order valence-corrected chi connectivity index (χ0v) is 11.0. The van der Waals surface area contributed by atoms with Crippen LogP contribution in [-0.4, -0.2) is 29.7 Å². The largest absolute Gasteiger partial charge is 0.338 e. The first-order valence-corrected chi connectivity index (χ1v) is 6.31. The quantitative estimate of drug-likeness (QED) is 0.542. The Morgan fingerprint density at radius 3 is 2.53 bits per heavy atom. The Labute approximate surface area is 103 Å². The second-order valence-corrected chi connectivity index (χ2v) is 6.08. The summed E-state index contributed by atoms with van der Waals surface area (Å²) in [5.41, 5.74) is -1.07. The van der Waals surface area contributed by atoms with E-state index < -0.39 is 5.41 Å². The minimum absolute atomic E-state index is 0.0282. The molecule has 2 atom stereocenters. The summed E-state index contributed by atoms with van der Waals surface area (Å²) in [5, 5.41) is 0. The Bertz CT molecular complexity index is 386. The molecule has 1 amide bonds. The van der Waals surface area contributed by atoms with Crippen molar-refractivity contribution in [2.45, 2.75) is 33.6 Å². The third-order valence-electron chi connectivity index (χ3n) is 4.52. The number of ketones is 1. The van der Waals surface area contributed by atoms with Crippen LogP contribution in [0.2, 0.25) is 0 Å². The number of rotatable bonds is 2. The van der Waals surface area contributed by atoms with Crippen LogP contribution in [0.15, 0.2) is 12.7 Å². The number of likely N-dealkylation sites (tertiary alicyclic amines) is 1. The van der Waals surface area contributed by atoms with Crippen molar-refractivity contribution in [3.05, 3.63) is 12.7 Å². The smallest absolute Gasteiger partial charge is 0.236 e. The van der Waals surface area contributed by atoms with E-state index in [9.17, 15) is 9.59 Å². The Morgan fingerprint density at radius 2 is 2.06 bits per heavy atom. The summed E-state index contributed by atoms with van der Waals surface area (Å²) in [6, 6.07) is 0. The molecule has 1 saturated carbocycles. The first-order chi connectivity index (χ1) is 7.86. The highest BCUT2D eigenvalue weighted by atomic mass is 16.2. The zero-order valence-electron chi connectivity index (χ0n) is 11.0. The molecule has 2 fully saturated rings. The van der Waals surface area contributed by atoms with Crippen LogP contribution in [0.1, 0.15) is 33.6 Å². The van der Waals surface area contributed by atoms with Crippen LogP contribution in [-0.2, 0) is 9.59 Å². The van der Waals surface area contributed by atoms with Crippen LogP contribution in [0, 0.1) is 16.7 Å². The van der Waals surface area contributed by atoms with Crippen molar-refractivity contribution in [1.82, 2.24) is 4.90 Å². The third-order valence-corrected chi connectivity index (χ3v) is 4.52. The molecular formula is C14H21NO2. The maximum absolute atomic E-state index is 12.5. The van der Waals surface area contributed by atoms with Crippen LogP contribution in [0.4, 0.5) is 0 Å². The van der Waals surface area contributed by atoms with E-state index in [2.05, 4.69) is 6.58 Å². The molecule has 1 spiro atoms. The summed E-state index contributed by atoms with van der Waals surface area (Å²) in [7, 11) is 0. The van der Waals surface area contributed by atoms with Gasteiger partial charge in [0.15, 0.2) is 5.78 Å². The normalized spacial score (nSPS) is 35.9. The lowest BCUT2D eigenvalue weighted by Gasteiger charge is -2.26. The number of nitrogens with zero attached hydrogens (tertiary/aromatic N) is 1. The molecule has 94 valence electrons. The second-order valence-electron chi connectivity index (χ2n) is 6.08. The third kappa shape index (κ3) is 1.48. The van der Waals surface area contributed by atoms with Gasteiger partial charge in [0.25, 0.3) is 0 Å². The number of Topliss-reactive ketones (excluding diaryl/α,β-unsaturated/α-hetero) is 1. The van der Waals surface area contributed by atoms with E-state index in [0.717, 1.165) is 6.42 Å². The molecule has 17 heavy (non-hydrogen) atoms. The topological polar surface area (TPSA) is 37.4 Å². The molecule has 3 nitrogen and oxygen atoms in total. The van der Waals surface area contributed by atoms with E-state index in [-0.39, 0.29) is 23.0 Å². The molecule has 1 aliphatic carbocycles. The van der Waals surface area contributed by atoms with E-state index in [1.807, 2.05) is 20.8 Å². The van der Waals surface area contributed by atoms with Gasteiger partial charge in [-0.25, -0.2) is 0 Å². The summed E-state index contributed by atoms with van der Waals surface area (Å²) >= 11 is 0. The molecule has 1 heterocycles. The number of amides is 1. The Morgan fingerprint density at radius 1 is 1.41 bits per heavy atom. The highest BCUT2D eigenvalue weighted by molar-refractivity contribution is 6.11. The number of hydrogen-bond donors (Lipinski definition) is 0. The van der Waals surface area contributed by atoms with Gasteiger partial charge in [0.1, 0.15) is 5.41 Å². The van der Waals surface area contributed by atoms with Gasteiger partial charge >= 0.3 is 0 Å². The predicted molar refractivity (Wildman–Crippen MR) is 66.4 cm³/mol. The summed E-state index contributed by atoms with van der Waals surface area (Å²) in [5.74, 6) is 0.304. The van der Waals surface area contributed by atoms with Gasteiger partial charge in [-0.15, -0.1) is 6.58 Å². The molecule has 1 saturated heterocycles. The molecule has 3 heteroatoms. The van der Waals surface area contributed by atoms with E-state index in [1.165, 1.54) is 0 Å². The van der Waals surface area contributed by atoms with Gasteiger partial charge in [-0.2, -0.15) is 0 Å². The van der Waals surface area contributed by atoms with E-state index in [1.54, 1.807) is 11.0 Å². The Kier molecular flexibility index (Phi) is 2.68. The Balaban J connectivity index is 2.36. The monoisotopic (exact) mass is 235 g/mol. The molecule has 0 unspecified atom stereocenters. The number of carbonyl (C=O) groups is 2. The van der Waals surface area contributed by atoms with Crippen molar-refractivity contribution in [2.75, 3.05) is 13.1 Å². The highest BCUT2D eigenvalue weighted by Gasteiger charge is 2.63. The van der Waals surface area contributed by atoms with Crippen molar-refractivity contribution in [1.29, 1.82) is 0 Å². The minimum atomic E-state index is -0.730. The Hall–Kier alpha value is -1.12. The minimum Gasteiger partial charge on any atom is -0.338 e. The van der Waals surface area contributed by atoms with E-state index in [4.69, 9.17) is 0 Å². The van der Waals surface area contributed by atoms with Crippen LogP contribution < -0.4 is 0 Å². The molecule has 1 aliphatic heterocycles. The molecule has 0 N–H and O–H groups in total. The maximum atomic E-state index is 12.5. The van der Waals surface area contributed by atoms with Gasteiger partial charge in [-0.3, -0.25) is 9.59 Å². The van der Waals surface area contributed by atoms with Gasteiger partial charge in [0, 0.05) is 18.5 Å². The van der Waals surface area contributed by atoms with Gasteiger partial charge in [0.05, 0.1) is 0 Å². The molecular weight excluding hydrogens is 214 g/mol. The van der Waals surface area contributed by atoms with E-state index in [0.29, 0.717) is 19.5 Å². The van der Waals surface area contributed by atoms with Crippen molar-refractivity contribution in [3.8, 4) is 0 Å². The number of carbonyl (C=O) groups excluding carboxylic acids is 2. The molecule has 0 bridgehead atoms. The lowest BCUT2D eigenvalue weighted by atomic mass is 9.73. The van der Waals surface area contributed by atoms with Crippen molar-refractivity contribution in [2.24, 2.45) is 16.7 Å². The standard InChI is InChI=1S/C14H21NO2/c1-5-8-15-9-10(2)14(12(15)17)7-6-13(3,4)11(14)16/h5,10H,1,6-9H2,2-4H3/t10-,14+/m0/s1. The average molecular weight is 235 g/mol. The maximum Gasteiger partial charge on any atom is 0.236 e. The molecule has 2 rings (SSSR count). The second kappa shape index (κ2) is 3.69. The van der Waals surface area contributed by atoms with Crippen LogP contribution in [0.5, 0.6) is 0 Å². The van der Waals surface area contributed by atoms with Crippen molar-refractivity contribution < 1.29 is 9.59 Å². The van der Waals surface area contributed by atoms with Crippen LogP contribution >= 0.6 is 0 Å². The highest BCUT2D eigenvalue weighted by Crippen LogP contribution is 2.53. The summed E-state index contributed by atoms with van der Waals surface area (Å²) < 4.78 is 0. The molecule has 0 aromatic heterocycles. The summed E-state index contributed by atoms with van der Waals surface area (Å²) in [6.45, 7) is 10.9. The summed E-state index contributed by atoms with van der Waals surface area (Å²) in [4.78, 5) is 26.8. The van der Waals surface area contributed by atoms with Crippen LogP contribution in [0.25, 0.3) is 0 Å². The number of hydrogen-bond acceptors (Lipinski definition) is 2.